The minimum atomic E-state index is -0.00442. The van der Waals surface area contributed by atoms with Gasteiger partial charge >= 0.3 is 0 Å². The first-order chi connectivity index (χ1) is 13.7. The first kappa shape index (κ1) is 16.9. The van der Waals surface area contributed by atoms with Gasteiger partial charge in [0, 0.05) is 5.56 Å². The number of nitrogens with zero attached hydrogens (tertiary/aromatic N) is 4. The lowest BCUT2D eigenvalue weighted by Gasteiger charge is -2.24. The number of rotatable bonds is 3. The molecule has 0 radical (unpaired) electrons. The van der Waals surface area contributed by atoms with Crippen molar-refractivity contribution in [2.24, 2.45) is 0 Å². The molecule has 28 heavy (non-hydrogen) atoms. The second-order valence-corrected chi connectivity index (χ2v) is 7.14. The maximum atomic E-state index is 6.01. The minimum Gasteiger partial charge on any atom is -0.365 e. The van der Waals surface area contributed by atoms with Gasteiger partial charge in [-0.15, -0.1) is 0 Å². The molecule has 0 saturated heterocycles. The van der Waals surface area contributed by atoms with E-state index < -0.39 is 0 Å². The van der Waals surface area contributed by atoms with Gasteiger partial charge in [0.25, 0.3) is 5.89 Å². The summed E-state index contributed by atoms with van der Waals surface area (Å²) in [6, 6.07) is 18.3. The number of ether oxygens (including phenoxy) is 1. The van der Waals surface area contributed by atoms with Crippen molar-refractivity contribution in [3.8, 4) is 23.0 Å². The third-order valence-electron chi connectivity index (χ3n) is 5.22. The summed E-state index contributed by atoms with van der Waals surface area (Å²) in [5.41, 5.74) is 6.21. The van der Waals surface area contributed by atoms with Gasteiger partial charge in [0.05, 0.1) is 18.8 Å². The molecule has 4 aromatic rings. The zero-order valence-corrected chi connectivity index (χ0v) is 15.8. The van der Waals surface area contributed by atoms with Gasteiger partial charge in [-0.3, -0.25) is 4.68 Å². The summed E-state index contributed by atoms with van der Waals surface area (Å²) in [4.78, 5) is 4.55. The van der Waals surface area contributed by atoms with Crippen molar-refractivity contribution in [1.29, 1.82) is 0 Å². The molecule has 1 atom stereocenters. The van der Waals surface area contributed by atoms with Crippen LogP contribution in [0.1, 0.15) is 28.5 Å². The molecule has 1 unspecified atom stereocenters. The summed E-state index contributed by atoms with van der Waals surface area (Å²) in [6.45, 7) is 5.33. The molecule has 5 rings (SSSR count). The molecule has 0 aliphatic carbocycles. The number of aromatic nitrogens is 4. The third-order valence-corrected chi connectivity index (χ3v) is 5.22. The SMILES string of the molecule is Cc1ccc(-c2noc(-c3cc4n(n3)CC(c3ccccc3)OC4)n2)cc1C. The van der Waals surface area contributed by atoms with Gasteiger partial charge in [-0.1, -0.05) is 47.6 Å². The van der Waals surface area contributed by atoms with E-state index in [4.69, 9.17) is 9.26 Å². The van der Waals surface area contributed by atoms with Crippen molar-refractivity contribution in [2.75, 3.05) is 0 Å². The molecule has 0 N–H and O–H groups in total. The Morgan fingerprint density at radius 1 is 1.00 bits per heavy atom. The van der Waals surface area contributed by atoms with Crippen LogP contribution >= 0.6 is 0 Å². The van der Waals surface area contributed by atoms with E-state index >= 15 is 0 Å². The summed E-state index contributed by atoms with van der Waals surface area (Å²) in [5.74, 6) is 0.994. The van der Waals surface area contributed by atoms with Crippen LogP contribution in [0.3, 0.4) is 0 Å². The van der Waals surface area contributed by atoms with E-state index in [-0.39, 0.29) is 6.10 Å². The second-order valence-electron chi connectivity index (χ2n) is 7.14. The lowest BCUT2D eigenvalue weighted by Crippen LogP contribution is -2.21. The van der Waals surface area contributed by atoms with Gasteiger partial charge in [0.1, 0.15) is 6.10 Å². The zero-order valence-electron chi connectivity index (χ0n) is 15.8. The van der Waals surface area contributed by atoms with Crippen LogP contribution in [-0.2, 0) is 17.9 Å². The molecule has 6 heteroatoms. The Morgan fingerprint density at radius 3 is 2.68 bits per heavy atom. The van der Waals surface area contributed by atoms with E-state index in [1.54, 1.807) is 0 Å². The number of hydrogen-bond acceptors (Lipinski definition) is 5. The van der Waals surface area contributed by atoms with Crippen LogP contribution < -0.4 is 0 Å². The van der Waals surface area contributed by atoms with Gasteiger partial charge in [-0.05, 0) is 42.7 Å². The highest BCUT2D eigenvalue weighted by atomic mass is 16.5. The molecule has 2 aromatic heterocycles. The highest BCUT2D eigenvalue weighted by molar-refractivity contribution is 5.59. The molecule has 0 saturated carbocycles. The van der Waals surface area contributed by atoms with Crippen molar-refractivity contribution in [3.63, 3.8) is 0 Å². The van der Waals surface area contributed by atoms with E-state index in [9.17, 15) is 0 Å². The lowest BCUT2D eigenvalue weighted by atomic mass is 10.1. The molecule has 0 amide bonds. The van der Waals surface area contributed by atoms with Crippen LogP contribution in [0.2, 0.25) is 0 Å². The summed E-state index contributed by atoms with van der Waals surface area (Å²) < 4.78 is 13.5. The number of aryl methyl sites for hydroxylation is 2. The highest BCUT2D eigenvalue weighted by Crippen LogP contribution is 2.29. The van der Waals surface area contributed by atoms with E-state index in [1.165, 1.54) is 11.1 Å². The van der Waals surface area contributed by atoms with Crippen molar-refractivity contribution in [2.45, 2.75) is 33.1 Å². The normalized spacial score (nSPS) is 16.1. The van der Waals surface area contributed by atoms with E-state index in [0.29, 0.717) is 30.6 Å². The van der Waals surface area contributed by atoms with Gasteiger partial charge in [-0.2, -0.15) is 10.1 Å². The van der Waals surface area contributed by atoms with Crippen molar-refractivity contribution < 1.29 is 9.26 Å². The molecule has 0 bridgehead atoms. The predicted molar refractivity (Wildman–Crippen MR) is 104 cm³/mol. The molecular weight excluding hydrogens is 352 g/mol. The second kappa shape index (κ2) is 6.73. The van der Waals surface area contributed by atoms with E-state index in [0.717, 1.165) is 16.8 Å². The van der Waals surface area contributed by atoms with Crippen LogP contribution in [0.25, 0.3) is 23.0 Å². The Balaban J connectivity index is 1.41. The molecule has 2 aromatic carbocycles. The Hall–Kier alpha value is -3.25. The molecule has 140 valence electrons. The largest absolute Gasteiger partial charge is 0.365 e. The first-order valence-electron chi connectivity index (χ1n) is 9.32. The number of fused-ring (bicyclic) bond motifs is 1. The van der Waals surface area contributed by atoms with Gasteiger partial charge in [-0.25, -0.2) is 0 Å². The average molecular weight is 372 g/mol. The quantitative estimate of drug-likeness (QED) is 0.530. The third kappa shape index (κ3) is 3.01. The first-order valence-corrected chi connectivity index (χ1v) is 9.32. The van der Waals surface area contributed by atoms with Gasteiger partial charge in [0.15, 0.2) is 5.69 Å². The van der Waals surface area contributed by atoms with Crippen molar-refractivity contribution >= 4 is 0 Å². The zero-order chi connectivity index (χ0) is 19.1. The highest BCUT2D eigenvalue weighted by Gasteiger charge is 2.24. The molecule has 0 spiro atoms. The Bertz CT molecular complexity index is 1130. The predicted octanol–water partition coefficient (Wildman–Crippen LogP) is 4.49. The molecule has 1 aliphatic heterocycles. The van der Waals surface area contributed by atoms with Crippen LogP contribution in [0.4, 0.5) is 0 Å². The standard InChI is InChI=1S/C22H20N4O2/c1-14-8-9-17(10-15(14)2)21-23-22(28-25-21)19-11-18-13-27-20(12-26(18)24-19)16-6-4-3-5-7-16/h3-11,20H,12-13H2,1-2H3. The van der Waals surface area contributed by atoms with Crippen LogP contribution in [0.5, 0.6) is 0 Å². The molecule has 0 fully saturated rings. The summed E-state index contributed by atoms with van der Waals surface area (Å²) in [5, 5.41) is 8.81. The van der Waals surface area contributed by atoms with Crippen molar-refractivity contribution in [1.82, 2.24) is 19.9 Å². The summed E-state index contributed by atoms with van der Waals surface area (Å²) in [6.07, 6.45) is -0.00442. The fourth-order valence-electron chi connectivity index (χ4n) is 3.42. The van der Waals surface area contributed by atoms with Gasteiger partial charge < -0.3 is 9.26 Å². The van der Waals surface area contributed by atoms with Crippen LogP contribution in [0, 0.1) is 13.8 Å². The minimum absolute atomic E-state index is 0.00442. The molecule has 6 nitrogen and oxygen atoms in total. The topological polar surface area (TPSA) is 66.0 Å². The lowest BCUT2D eigenvalue weighted by molar-refractivity contribution is -0.00113. The maximum Gasteiger partial charge on any atom is 0.278 e. The van der Waals surface area contributed by atoms with Crippen molar-refractivity contribution in [3.05, 3.63) is 77.0 Å². The number of hydrogen-bond donors (Lipinski definition) is 0. The Labute approximate surface area is 162 Å². The van der Waals surface area contributed by atoms with E-state index in [1.807, 2.05) is 35.0 Å². The monoisotopic (exact) mass is 372 g/mol. The summed E-state index contributed by atoms with van der Waals surface area (Å²) in [7, 11) is 0. The molecule has 3 heterocycles. The smallest absolute Gasteiger partial charge is 0.278 e. The molecule has 1 aliphatic rings. The Kier molecular flexibility index (Phi) is 4.06. The molecular formula is C22H20N4O2. The maximum absolute atomic E-state index is 6.01. The van der Waals surface area contributed by atoms with E-state index in [2.05, 4.69) is 53.4 Å². The van der Waals surface area contributed by atoms with Crippen LogP contribution in [-0.4, -0.2) is 19.9 Å². The summed E-state index contributed by atoms with van der Waals surface area (Å²) >= 11 is 0. The average Bonchev–Trinajstić information content (AvgIpc) is 3.37. The van der Waals surface area contributed by atoms with Crippen LogP contribution in [0.15, 0.2) is 59.1 Å². The Morgan fingerprint density at radius 2 is 1.86 bits per heavy atom. The fourth-order valence-corrected chi connectivity index (χ4v) is 3.42. The number of benzene rings is 2. The van der Waals surface area contributed by atoms with Gasteiger partial charge in [0.2, 0.25) is 5.82 Å². The fraction of sp³-hybridized carbons (Fsp3) is 0.227.